The molecule has 0 saturated heterocycles. The Bertz CT molecular complexity index is 974. The number of benzene rings is 2. The average molecular weight is 368 g/mol. The third-order valence-electron chi connectivity index (χ3n) is 5.32. The van der Waals surface area contributed by atoms with Gasteiger partial charge < -0.3 is 10.3 Å². The molecule has 1 aromatic heterocycles. The van der Waals surface area contributed by atoms with E-state index in [1.807, 2.05) is 6.92 Å². The number of amides is 1. The molecular formula is C22H22F2N2O. The molecule has 1 aliphatic rings. The Kier molecular flexibility index (Phi) is 4.68. The Hall–Kier alpha value is -2.69. The zero-order valence-corrected chi connectivity index (χ0v) is 15.2. The summed E-state index contributed by atoms with van der Waals surface area (Å²) in [5.74, 6) is -0.0211. The Balaban J connectivity index is 1.62. The van der Waals surface area contributed by atoms with Crippen LogP contribution in [0.3, 0.4) is 0 Å². The largest absolute Gasteiger partial charge is 0.354 e. The van der Waals surface area contributed by atoms with Gasteiger partial charge in [0.1, 0.15) is 11.6 Å². The van der Waals surface area contributed by atoms with Crippen LogP contribution >= 0.6 is 0 Å². The fraction of sp³-hybridized carbons (Fsp3) is 0.318. The number of halogens is 2. The van der Waals surface area contributed by atoms with Crippen LogP contribution in [0.1, 0.15) is 31.7 Å². The van der Waals surface area contributed by atoms with Crippen LogP contribution in [-0.4, -0.2) is 16.9 Å². The minimum Gasteiger partial charge on any atom is -0.354 e. The fourth-order valence-corrected chi connectivity index (χ4v) is 3.62. The van der Waals surface area contributed by atoms with Gasteiger partial charge in [-0.2, -0.15) is 0 Å². The zero-order valence-electron chi connectivity index (χ0n) is 15.2. The summed E-state index contributed by atoms with van der Waals surface area (Å²) < 4.78 is 27.1. The molecule has 4 rings (SSSR count). The van der Waals surface area contributed by atoms with Crippen molar-refractivity contribution in [2.45, 2.75) is 38.6 Å². The van der Waals surface area contributed by atoms with Crippen molar-refractivity contribution in [2.75, 3.05) is 0 Å². The molecule has 1 amide bonds. The molecule has 1 saturated carbocycles. The van der Waals surface area contributed by atoms with Gasteiger partial charge in [0.05, 0.1) is 0 Å². The molecule has 27 heavy (non-hydrogen) atoms. The van der Waals surface area contributed by atoms with E-state index in [0.29, 0.717) is 18.8 Å². The maximum absolute atomic E-state index is 13.8. The highest BCUT2D eigenvalue weighted by atomic mass is 19.1. The summed E-state index contributed by atoms with van der Waals surface area (Å²) in [4.78, 5) is 15.6. The van der Waals surface area contributed by atoms with Crippen LogP contribution in [0, 0.1) is 17.6 Å². The number of aryl methyl sites for hydroxylation is 1. The van der Waals surface area contributed by atoms with E-state index in [0.717, 1.165) is 27.7 Å². The SMILES string of the molecule is C[C@H](NC(=O)CCc1c(-c2ccc(F)cc2)[nH]c2ccc(F)cc12)C1CC1. The second kappa shape index (κ2) is 7.14. The molecule has 0 radical (unpaired) electrons. The molecule has 1 fully saturated rings. The summed E-state index contributed by atoms with van der Waals surface area (Å²) >= 11 is 0. The smallest absolute Gasteiger partial charge is 0.220 e. The summed E-state index contributed by atoms with van der Waals surface area (Å²) in [6.07, 6.45) is 3.17. The average Bonchev–Trinajstić information content (AvgIpc) is 3.43. The number of aromatic amines is 1. The van der Waals surface area contributed by atoms with Crippen molar-refractivity contribution in [3.63, 3.8) is 0 Å². The zero-order chi connectivity index (χ0) is 19.0. The summed E-state index contributed by atoms with van der Waals surface area (Å²) in [5, 5.41) is 3.82. The number of hydrogen-bond acceptors (Lipinski definition) is 1. The van der Waals surface area contributed by atoms with Crippen LogP contribution in [0.4, 0.5) is 8.78 Å². The number of rotatable bonds is 6. The normalized spacial score (nSPS) is 15.1. The summed E-state index contributed by atoms with van der Waals surface area (Å²) in [7, 11) is 0. The van der Waals surface area contributed by atoms with Crippen LogP contribution in [0.5, 0.6) is 0 Å². The van der Waals surface area contributed by atoms with Crippen LogP contribution < -0.4 is 5.32 Å². The Morgan fingerprint density at radius 3 is 2.56 bits per heavy atom. The number of H-pyrrole nitrogens is 1. The Morgan fingerprint density at radius 1 is 1.15 bits per heavy atom. The van der Waals surface area contributed by atoms with Gasteiger partial charge in [-0.15, -0.1) is 0 Å². The lowest BCUT2D eigenvalue weighted by Crippen LogP contribution is -2.34. The van der Waals surface area contributed by atoms with Crippen LogP contribution in [0.2, 0.25) is 0 Å². The van der Waals surface area contributed by atoms with E-state index in [1.165, 1.54) is 37.1 Å². The van der Waals surface area contributed by atoms with E-state index in [9.17, 15) is 13.6 Å². The van der Waals surface area contributed by atoms with Gasteiger partial charge in [0.25, 0.3) is 0 Å². The van der Waals surface area contributed by atoms with Crippen molar-refractivity contribution >= 4 is 16.8 Å². The number of fused-ring (bicyclic) bond motifs is 1. The Labute approximate surface area is 156 Å². The predicted octanol–water partition coefficient (Wildman–Crippen LogP) is 4.96. The summed E-state index contributed by atoms with van der Waals surface area (Å²) in [6.45, 7) is 2.04. The van der Waals surface area contributed by atoms with Gasteiger partial charge >= 0.3 is 0 Å². The summed E-state index contributed by atoms with van der Waals surface area (Å²) in [5.41, 5.74) is 3.30. The minimum absolute atomic E-state index is 0.00482. The van der Waals surface area contributed by atoms with Crippen LogP contribution in [0.25, 0.3) is 22.2 Å². The van der Waals surface area contributed by atoms with Gasteiger partial charge in [0.15, 0.2) is 0 Å². The highest BCUT2D eigenvalue weighted by Gasteiger charge is 2.28. The lowest BCUT2D eigenvalue weighted by Gasteiger charge is -2.13. The van der Waals surface area contributed by atoms with Gasteiger partial charge in [0.2, 0.25) is 5.91 Å². The molecule has 2 aromatic carbocycles. The molecule has 3 nitrogen and oxygen atoms in total. The second-order valence-corrected chi connectivity index (χ2v) is 7.37. The molecule has 3 aromatic rings. The first kappa shape index (κ1) is 17.7. The fourth-order valence-electron chi connectivity index (χ4n) is 3.62. The molecule has 1 atom stereocenters. The molecule has 0 spiro atoms. The first-order valence-electron chi connectivity index (χ1n) is 9.36. The van der Waals surface area contributed by atoms with Crippen molar-refractivity contribution in [3.8, 4) is 11.3 Å². The number of carbonyl (C=O) groups excluding carboxylic acids is 1. The summed E-state index contributed by atoms with van der Waals surface area (Å²) in [6, 6.07) is 11.0. The number of aromatic nitrogens is 1. The monoisotopic (exact) mass is 368 g/mol. The van der Waals surface area contributed by atoms with E-state index >= 15 is 0 Å². The minimum atomic E-state index is -0.319. The third kappa shape index (κ3) is 3.87. The van der Waals surface area contributed by atoms with E-state index in [-0.39, 0.29) is 23.6 Å². The van der Waals surface area contributed by atoms with Gasteiger partial charge in [-0.05, 0) is 85.7 Å². The molecule has 140 valence electrons. The van der Waals surface area contributed by atoms with Gasteiger partial charge in [-0.3, -0.25) is 4.79 Å². The first-order valence-corrected chi connectivity index (χ1v) is 9.36. The number of hydrogen-bond donors (Lipinski definition) is 2. The molecule has 1 heterocycles. The Morgan fingerprint density at radius 2 is 1.85 bits per heavy atom. The quantitative estimate of drug-likeness (QED) is 0.635. The molecule has 0 aliphatic heterocycles. The van der Waals surface area contributed by atoms with Gasteiger partial charge in [-0.1, -0.05) is 0 Å². The van der Waals surface area contributed by atoms with Crippen molar-refractivity contribution in [3.05, 3.63) is 59.7 Å². The molecule has 0 bridgehead atoms. The predicted molar refractivity (Wildman–Crippen MR) is 102 cm³/mol. The molecular weight excluding hydrogens is 346 g/mol. The maximum Gasteiger partial charge on any atom is 0.220 e. The lowest BCUT2D eigenvalue weighted by atomic mass is 10.0. The lowest BCUT2D eigenvalue weighted by molar-refractivity contribution is -0.121. The highest BCUT2D eigenvalue weighted by molar-refractivity contribution is 5.91. The number of carbonyl (C=O) groups is 1. The van der Waals surface area contributed by atoms with E-state index in [4.69, 9.17) is 0 Å². The third-order valence-corrected chi connectivity index (χ3v) is 5.32. The maximum atomic E-state index is 13.8. The molecule has 0 unspecified atom stereocenters. The van der Waals surface area contributed by atoms with Crippen molar-refractivity contribution in [1.82, 2.24) is 10.3 Å². The van der Waals surface area contributed by atoms with Gasteiger partial charge in [-0.25, -0.2) is 8.78 Å². The van der Waals surface area contributed by atoms with Gasteiger partial charge in [0, 0.05) is 29.1 Å². The van der Waals surface area contributed by atoms with Crippen molar-refractivity contribution < 1.29 is 13.6 Å². The molecule has 5 heteroatoms. The molecule has 2 N–H and O–H groups in total. The topological polar surface area (TPSA) is 44.9 Å². The molecule has 1 aliphatic carbocycles. The van der Waals surface area contributed by atoms with E-state index in [1.54, 1.807) is 18.2 Å². The van der Waals surface area contributed by atoms with Crippen LogP contribution in [-0.2, 0) is 11.2 Å². The standard InChI is InChI=1S/C22H22F2N2O/c1-13(14-2-3-14)25-21(27)11-9-18-19-12-17(24)8-10-20(19)26-22(18)15-4-6-16(23)7-5-15/h4-8,10,12-14,26H,2-3,9,11H2,1H3,(H,25,27)/t13-/m0/s1. The number of nitrogens with one attached hydrogen (secondary N) is 2. The van der Waals surface area contributed by atoms with E-state index in [2.05, 4.69) is 10.3 Å². The van der Waals surface area contributed by atoms with Crippen molar-refractivity contribution in [1.29, 1.82) is 0 Å². The first-order chi connectivity index (χ1) is 13.0. The second-order valence-electron chi connectivity index (χ2n) is 7.37. The highest BCUT2D eigenvalue weighted by Crippen LogP contribution is 2.33. The van der Waals surface area contributed by atoms with Crippen molar-refractivity contribution in [2.24, 2.45) is 5.92 Å². The van der Waals surface area contributed by atoms with Crippen LogP contribution in [0.15, 0.2) is 42.5 Å². The van der Waals surface area contributed by atoms with E-state index < -0.39 is 0 Å².